The van der Waals surface area contributed by atoms with E-state index in [1.54, 1.807) is 0 Å². The number of fused-ring (bicyclic) bond motifs is 2. The Balaban J connectivity index is 1.75. The van der Waals surface area contributed by atoms with E-state index in [0.717, 1.165) is 18.1 Å². The second-order valence-electron chi connectivity index (χ2n) is 5.50. The Kier molecular flexibility index (Phi) is 2.29. The summed E-state index contributed by atoms with van der Waals surface area (Å²) < 4.78 is 0. The van der Waals surface area contributed by atoms with Crippen LogP contribution in [-0.4, -0.2) is 29.1 Å². The Morgan fingerprint density at radius 3 is 1.79 bits per heavy atom. The Bertz CT molecular complexity index is 198. The van der Waals surface area contributed by atoms with Crippen LogP contribution in [0.25, 0.3) is 0 Å². The van der Waals surface area contributed by atoms with Crippen LogP contribution >= 0.6 is 0 Å². The molecule has 0 aromatic carbocycles. The fourth-order valence-corrected chi connectivity index (χ4v) is 3.74. The fraction of sp³-hybridized carbons (Fsp3) is 1.00. The first-order chi connectivity index (χ1) is 6.84. The van der Waals surface area contributed by atoms with Crippen LogP contribution in [0.15, 0.2) is 0 Å². The van der Waals surface area contributed by atoms with Crippen molar-refractivity contribution >= 4 is 0 Å². The second kappa shape index (κ2) is 3.49. The van der Waals surface area contributed by atoms with Gasteiger partial charge in [0, 0.05) is 24.2 Å². The van der Waals surface area contributed by atoms with Crippen molar-refractivity contribution in [3.8, 4) is 0 Å². The molecular weight excluding hydrogens is 172 g/mol. The highest BCUT2D eigenvalue weighted by Crippen LogP contribution is 2.39. The maximum atomic E-state index is 6.12. The molecule has 3 rings (SSSR count). The van der Waals surface area contributed by atoms with Crippen molar-refractivity contribution in [2.45, 2.75) is 75.5 Å². The molecule has 2 nitrogen and oxygen atoms in total. The molecule has 0 aromatic rings. The van der Waals surface area contributed by atoms with Crippen LogP contribution in [0.5, 0.6) is 0 Å². The number of nitrogens with zero attached hydrogens (tertiary/aromatic N) is 1. The summed E-state index contributed by atoms with van der Waals surface area (Å²) in [7, 11) is 0. The Morgan fingerprint density at radius 2 is 1.29 bits per heavy atom. The summed E-state index contributed by atoms with van der Waals surface area (Å²) in [6, 6.07) is 3.14. The average Bonchev–Trinajstić information content (AvgIpc) is 2.03. The average molecular weight is 194 g/mol. The van der Waals surface area contributed by atoms with Gasteiger partial charge in [-0.25, -0.2) is 0 Å². The summed E-state index contributed by atoms with van der Waals surface area (Å²) in [6.45, 7) is 0. The highest BCUT2D eigenvalue weighted by Gasteiger charge is 2.41. The standard InChI is InChI=1S/C12H22N2/c13-9-7-11-5-2-6-12(8-9)14(11)10-3-1-4-10/h9-12H,1-8,13H2. The van der Waals surface area contributed by atoms with Crippen LogP contribution < -0.4 is 5.73 Å². The van der Waals surface area contributed by atoms with Crippen molar-refractivity contribution in [1.29, 1.82) is 0 Å². The summed E-state index contributed by atoms with van der Waals surface area (Å²) in [5.41, 5.74) is 6.12. The normalized spacial score (nSPS) is 44.8. The first-order valence-corrected chi connectivity index (χ1v) is 6.37. The molecule has 3 aliphatic rings. The first kappa shape index (κ1) is 9.17. The molecule has 0 aromatic heterocycles. The minimum absolute atomic E-state index is 0.502. The molecule has 2 unspecified atom stereocenters. The smallest absolute Gasteiger partial charge is 0.0116 e. The van der Waals surface area contributed by atoms with E-state index < -0.39 is 0 Å². The molecule has 0 amide bonds. The van der Waals surface area contributed by atoms with Crippen molar-refractivity contribution < 1.29 is 0 Å². The summed E-state index contributed by atoms with van der Waals surface area (Å²) >= 11 is 0. The zero-order valence-electron chi connectivity index (χ0n) is 8.99. The van der Waals surface area contributed by atoms with E-state index in [2.05, 4.69) is 4.90 Å². The zero-order chi connectivity index (χ0) is 9.54. The summed E-state index contributed by atoms with van der Waals surface area (Å²) in [6.07, 6.45) is 11.2. The Labute approximate surface area is 86.8 Å². The number of nitrogens with two attached hydrogens (primary N) is 1. The van der Waals surface area contributed by atoms with Crippen LogP contribution in [0.2, 0.25) is 0 Å². The first-order valence-electron chi connectivity index (χ1n) is 6.37. The lowest BCUT2D eigenvalue weighted by Crippen LogP contribution is -2.60. The van der Waals surface area contributed by atoms with Crippen molar-refractivity contribution in [3.63, 3.8) is 0 Å². The monoisotopic (exact) mass is 194 g/mol. The lowest BCUT2D eigenvalue weighted by atomic mass is 9.77. The number of piperidine rings is 2. The third-order valence-corrected chi connectivity index (χ3v) is 4.56. The minimum atomic E-state index is 0.502. The third-order valence-electron chi connectivity index (χ3n) is 4.56. The number of hydrogen-bond donors (Lipinski definition) is 1. The molecular formula is C12H22N2. The lowest BCUT2D eigenvalue weighted by Gasteiger charge is -2.54. The summed E-state index contributed by atoms with van der Waals surface area (Å²) in [5, 5.41) is 0. The summed E-state index contributed by atoms with van der Waals surface area (Å²) in [4.78, 5) is 2.86. The molecule has 1 saturated carbocycles. The van der Waals surface area contributed by atoms with Gasteiger partial charge in [-0.3, -0.25) is 4.90 Å². The SMILES string of the molecule is NC1CC2CCCC(C1)N2C1CCC1. The molecule has 2 heteroatoms. The minimum Gasteiger partial charge on any atom is -0.328 e. The lowest BCUT2D eigenvalue weighted by molar-refractivity contribution is -0.0312. The number of hydrogen-bond acceptors (Lipinski definition) is 2. The molecule has 0 spiro atoms. The molecule has 1 aliphatic carbocycles. The van der Waals surface area contributed by atoms with Gasteiger partial charge in [0.1, 0.15) is 0 Å². The molecule has 2 atom stereocenters. The molecule has 2 bridgehead atoms. The Hall–Kier alpha value is -0.0800. The predicted octanol–water partition coefficient (Wildman–Crippen LogP) is 1.88. The highest BCUT2D eigenvalue weighted by molar-refractivity contribution is 4.98. The maximum absolute atomic E-state index is 6.12. The largest absolute Gasteiger partial charge is 0.328 e. The highest BCUT2D eigenvalue weighted by atomic mass is 15.2. The molecule has 0 radical (unpaired) electrons. The van der Waals surface area contributed by atoms with Gasteiger partial charge in [0.25, 0.3) is 0 Å². The van der Waals surface area contributed by atoms with Crippen molar-refractivity contribution in [1.82, 2.24) is 4.90 Å². The van der Waals surface area contributed by atoms with Gasteiger partial charge in [0.15, 0.2) is 0 Å². The molecule has 80 valence electrons. The quantitative estimate of drug-likeness (QED) is 0.690. The molecule has 14 heavy (non-hydrogen) atoms. The molecule has 2 aliphatic heterocycles. The van der Waals surface area contributed by atoms with Crippen molar-refractivity contribution in [2.24, 2.45) is 5.73 Å². The third kappa shape index (κ3) is 1.40. The Morgan fingerprint density at radius 1 is 0.786 bits per heavy atom. The van der Waals surface area contributed by atoms with Crippen LogP contribution in [0.1, 0.15) is 51.4 Å². The van der Waals surface area contributed by atoms with E-state index in [9.17, 15) is 0 Å². The maximum Gasteiger partial charge on any atom is 0.0116 e. The van der Waals surface area contributed by atoms with Crippen LogP contribution in [-0.2, 0) is 0 Å². The predicted molar refractivity (Wildman–Crippen MR) is 58.1 cm³/mol. The topological polar surface area (TPSA) is 29.3 Å². The van der Waals surface area contributed by atoms with Gasteiger partial charge in [0.05, 0.1) is 0 Å². The van der Waals surface area contributed by atoms with E-state index in [4.69, 9.17) is 5.73 Å². The van der Waals surface area contributed by atoms with Crippen molar-refractivity contribution in [3.05, 3.63) is 0 Å². The van der Waals surface area contributed by atoms with Gasteiger partial charge in [-0.2, -0.15) is 0 Å². The molecule has 2 saturated heterocycles. The van der Waals surface area contributed by atoms with Crippen molar-refractivity contribution in [2.75, 3.05) is 0 Å². The van der Waals surface area contributed by atoms with Gasteiger partial charge in [-0.15, -0.1) is 0 Å². The van der Waals surface area contributed by atoms with Gasteiger partial charge in [-0.1, -0.05) is 12.8 Å². The zero-order valence-corrected chi connectivity index (χ0v) is 8.99. The van der Waals surface area contributed by atoms with E-state index in [1.165, 1.54) is 51.4 Å². The van der Waals surface area contributed by atoms with E-state index in [0.29, 0.717) is 6.04 Å². The van der Waals surface area contributed by atoms with Crippen LogP contribution in [0.3, 0.4) is 0 Å². The molecule has 3 fully saturated rings. The molecule has 2 heterocycles. The van der Waals surface area contributed by atoms with E-state index >= 15 is 0 Å². The molecule has 2 N–H and O–H groups in total. The van der Waals surface area contributed by atoms with Gasteiger partial charge in [-0.05, 0) is 38.5 Å². The van der Waals surface area contributed by atoms with Crippen LogP contribution in [0, 0.1) is 0 Å². The number of rotatable bonds is 1. The summed E-state index contributed by atoms with van der Waals surface area (Å²) in [5.74, 6) is 0. The van der Waals surface area contributed by atoms with Crippen LogP contribution in [0.4, 0.5) is 0 Å². The van der Waals surface area contributed by atoms with Gasteiger partial charge in [0.2, 0.25) is 0 Å². The van der Waals surface area contributed by atoms with E-state index in [1.807, 2.05) is 0 Å². The van der Waals surface area contributed by atoms with Gasteiger partial charge < -0.3 is 5.73 Å². The van der Waals surface area contributed by atoms with Gasteiger partial charge >= 0.3 is 0 Å². The fourth-order valence-electron chi connectivity index (χ4n) is 3.74. The van der Waals surface area contributed by atoms with E-state index in [-0.39, 0.29) is 0 Å². The second-order valence-corrected chi connectivity index (χ2v) is 5.50.